The third kappa shape index (κ3) is 3.69. The number of hydrogen-bond donors (Lipinski definition) is 0. The van der Waals surface area contributed by atoms with Gasteiger partial charge in [-0.1, -0.05) is 43.8 Å². The summed E-state index contributed by atoms with van der Waals surface area (Å²) in [6, 6.07) is 7.40. The Morgan fingerprint density at radius 3 is 2.69 bits per heavy atom. The second-order valence-corrected chi connectivity index (χ2v) is 8.82. The minimum Gasteiger partial charge on any atom is -0.341 e. The maximum absolute atomic E-state index is 12.8. The first-order valence-electron chi connectivity index (χ1n) is 9.87. The van der Waals surface area contributed by atoms with Gasteiger partial charge < -0.3 is 4.90 Å². The molecule has 0 N–H and O–H groups in total. The molecule has 1 saturated heterocycles. The number of amides is 1. The first kappa shape index (κ1) is 19.7. The molecule has 0 radical (unpaired) electrons. The number of benzene rings is 1. The number of allylic oxidation sites excluding steroid dienone is 1. The van der Waals surface area contributed by atoms with Gasteiger partial charge in [-0.3, -0.25) is 18.6 Å². The van der Waals surface area contributed by atoms with E-state index in [9.17, 15) is 9.59 Å². The first-order valence-corrected chi connectivity index (χ1v) is 10.9. The predicted octanol–water partition coefficient (Wildman–Crippen LogP) is 2.83. The smallest absolute Gasteiger partial charge is 0.263 e. The maximum atomic E-state index is 12.8. The number of carbonyl (C=O) groups is 1. The molecule has 3 aromatic rings. The van der Waals surface area contributed by atoms with Crippen LogP contribution in [0.5, 0.6) is 0 Å². The number of rotatable bonds is 5. The molecular weight excluding hydrogens is 386 g/mol. The second kappa shape index (κ2) is 8.02. The Morgan fingerprint density at radius 1 is 1.24 bits per heavy atom. The summed E-state index contributed by atoms with van der Waals surface area (Å²) >= 11 is 1.37. The molecule has 0 unspecified atom stereocenters. The van der Waals surface area contributed by atoms with Crippen molar-refractivity contribution in [2.45, 2.75) is 32.0 Å². The van der Waals surface area contributed by atoms with Crippen LogP contribution in [-0.4, -0.2) is 48.8 Å². The minimum atomic E-state index is -0.121. The van der Waals surface area contributed by atoms with Gasteiger partial charge in [-0.05, 0) is 30.4 Å². The molecule has 1 aliphatic rings. The highest BCUT2D eigenvalue weighted by Crippen LogP contribution is 2.24. The average Bonchev–Trinajstić information content (AvgIpc) is 3.12. The van der Waals surface area contributed by atoms with Gasteiger partial charge in [0.25, 0.3) is 5.56 Å². The van der Waals surface area contributed by atoms with Crippen molar-refractivity contribution in [3.05, 3.63) is 47.3 Å². The molecule has 1 aliphatic heterocycles. The topological polar surface area (TPSA) is 72.5 Å². The summed E-state index contributed by atoms with van der Waals surface area (Å²) in [5.41, 5.74) is 0.622. The predicted molar refractivity (Wildman–Crippen MR) is 115 cm³/mol. The van der Waals surface area contributed by atoms with E-state index in [0.717, 1.165) is 18.6 Å². The van der Waals surface area contributed by atoms with Gasteiger partial charge in [-0.2, -0.15) is 0 Å². The molecule has 8 heteroatoms. The highest BCUT2D eigenvalue weighted by Gasteiger charge is 2.26. The quantitative estimate of drug-likeness (QED) is 0.477. The lowest BCUT2D eigenvalue weighted by molar-refractivity contribution is -0.130. The van der Waals surface area contributed by atoms with E-state index in [4.69, 9.17) is 0 Å². The van der Waals surface area contributed by atoms with E-state index >= 15 is 0 Å². The Morgan fingerprint density at radius 2 is 1.97 bits per heavy atom. The van der Waals surface area contributed by atoms with Crippen LogP contribution in [0.4, 0.5) is 0 Å². The third-order valence-electron chi connectivity index (χ3n) is 5.34. The molecule has 0 bridgehead atoms. The average molecular weight is 412 g/mol. The van der Waals surface area contributed by atoms with Gasteiger partial charge in [0, 0.05) is 19.6 Å². The molecule has 152 valence electrons. The van der Waals surface area contributed by atoms with Gasteiger partial charge in [0.2, 0.25) is 11.7 Å². The van der Waals surface area contributed by atoms with Crippen LogP contribution in [-0.2, 0) is 11.3 Å². The highest BCUT2D eigenvalue weighted by molar-refractivity contribution is 7.99. The summed E-state index contributed by atoms with van der Waals surface area (Å²) < 4.78 is 3.42. The number of thioether (sulfide) groups is 1. The van der Waals surface area contributed by atoms with Crippen molar-refractivity contribution < 1.29 is 4.79 Å². The van der Waals surface area contributed by atoms with Crippen LogP contribution in [0.2, 0.25) is 0 Å². The number of piperidine rings is 1. The van der Waals surface area contributed by atoms with Crippen LogP contribution < -0.4 is 5.56 Å². The Hall–Kier alpha value is -2.61. The lowest BCUT2D eigenvalue weighted by Gasteiger charge is -2.34. The SMILES string of the molecule is C=CCn1c(=O)c2ccccc2n2c(SCC(=O)N3C[C@H](C)C[C@@H](C)C3)nnc12. The molecule has 1 fully saturated rings. The van der Waals surface area contributed by atoms with Crippen LogP contribution in [0.15, 0.2) is 46.9 Å². The van der Waals surface area contributed by atoms with E-state index in [1.165, 1.54) is 18.2 Å². The van der Waals surface area contributed by atoms with Gasteiger partial charge in [-0.25, -0.2) is 0 Å². The zero-order valence-electron chi connectivity index (χ0n) is 16.7. The normalized spacial score (nSPS) is 19.7. The van der Waals surface area contributed by atoms with Crippen molar-refractivity contribution in [3.63, 3.8) is 0 Å². The molecule has 2 aromatic heterocycles. The molecule has 3 heterocycles. The Bertz CT molecular complexity index is 1130. The molecule has 29 heavy (non-hydrogen) atoms. The molecule has 0 aliphatic carbocycles. The van der Waals surface area contributed by atoms with Crippen LogP contribution in [0.25, 0.3) is 16.7 Å². The number of nitrogens with zero attached hydrogens (tertiary/aromatic N) is 5. The number of aromatic nitrogens is 4. The van der Waals surface area contributed by atoms with Gasteiger partial charge in [0.05, 0.1) is 16.7 Å². The fraction of sp³-hybridized carbons (Fsp3) is 0.429. The molecular formula is C21H25N5O2S. The second-order valence-electron chi connectivity index (χ2n) is 7.87. The summed E-state index contributed by atoms with van der Waals surface area (Å²) in [6.07, 6.45) is 2.83. The lowest BCUT2D eigenvalue weighted by Crippen LogP contribution is -2.43. The minimum absolute atomic E-state index is 0.119. The van der Waals surface area contributed by atoms with Crippen LogP contribution in [0, 0.1) is 11.8 Å². The fourth-order valence-electron chi connectivity index (χ4n) is 4.20. The van der Waals surface area contributed by atoms with Crippen LogP contribution >= 0.6 is 11.8 Å². The van der Waals surface area contributed by atoms with Gasteiger partial charge in [0.1, 0.15) is 0 Å². The number of fused-ring (bicyclic) bond motifs is 3. The highest BCUT2D eigenvalue weighted by atomic mass is 32.2. The summed E-state index contributed by atoms with van der Waals surface area (Å²) in [4.78, 5) is 27.6. The summed E-state index contributed by atoms with van der Waals surface area (Å²) in [5, 5.41) is 9.74. The van der Waals surface area contributed by atoms with Crippen molar-refractivity contribution in [1.82, 2.24) is 24.1 Å². The summed E-state index contributed by atoms with van der Waals surface area (Å²) in [6.45, 7) is 10.1. The van der Waals surface area contributed by atoms with Crippen molar-refractivity contribution in [1.29, 1.82) is 0 Å². The zero-order valence-corrected chi connectivity index (χ0v) is 17.6. The zero-order chi connectivity index (χ0) is 20.5. The van der Waals surface area contributed by atoms with E-state index in [0.29, 0.717) is 40.5 Å². The maximum Gasteiger partial charge on any atom is 0.263 e. The van der Waals surface area contributed by atoms with Crippen molar-refractivity contribution >= 4 is 34.3 Å². The number of likely N-dealkylation sites (tertiary alicyclic amines) is 1. The molecule has 2 atom stereocenters. The number of para-hydroxylation sites is 1. The molecule has 1 aromatic carbocycles. The third-order valence-corrected chi connectivity index (χ3v) is 6.25. The summed E-state index contributed by atoms with van der Waals surface area (Å²) in [7, 11) is 0. The van der Waals surface area contributed by atoms with Gasteiger partial charge >= 0.3 is 0 Å². The molecule has 0 saturated carbocycles. The Labute approximate surface area is 173 Å². The monoisotopic (exact) mass is 411 g/mol. The van der Waals surface area contributed by atoms with Crippen molar-refractivity contribution in [2.75, 3.05) is 18.8 Å². The van der Waals surface area contributed by atoms with Gasteiger partial charge in [-0.15, -0.1) is 16.8 Å². The molecule has 0 spiro atoms. The van der Waals surface area contributed by atoms with E-state index < -0.39 is 0 Å². The molecule has 4 rings (SSSR count). The number of hydrogen-bond acceptors (Lipinski definition) is 5. The lowest BCUT2D eigenvalue weighted by atomic mass is 9.92. The molecule has 7 nitrogen and oxygen atoms in total. The van der Waals surface area contributed by atoms with E-state index in [-0.39, 0.29) is 11.5 Å². The van der Waals surface area contributed by atoms with E-state index in [1.54, 1.807) is 16.7 Å². The fourth-order valence-corrected chi connectivity index (χ4v) is 5.05. The largest absolute Gasteiger partial charge is 0.341 e. The first-order chi connectivity index (χ1) is 14.0. The Kier molecular flexibility index (Phi) is 5.45. The van der Waals surface area contributed by atoms with Crippen molar-refractivity contribution in [2.24, 2.45) is 11.8 Å². The Balaban J connectivity index is 1.67. The van der Waals surface area contributed by atoms with E-state index in [1.807, 2.05) is 27.5 Å². The summed E-state index contributed by atoms with van der Waals surface area (Å²) in [5.74, 6) is 1.94. The standard InChI is InChI=1S/C21H25N5O2S/c1-4-9-25-19(28)16-7-5-6-8-17(16)26-20(25)22-23-21(26)29-13-18(27)24-11-14(2)10-15(3)12-24/h4-8,14-15H,1,9-13H2,2-3H3/t14-,15-/m1/s1. The number of carbonyl (C=O) groups excluding carboxylic acids is 1. The van der Waals surface area contributed by atoms with Crippen LogP contribution in [0.1, 0.15) is 20.3 Å². The van der Waals surface area contributed by atoms with Crippen LogP contribution in [0.3, 0.4) is 0 Å². The van der Waals surface area contributed by atoms with Gasteiger partial charge in [0.15, 0.2) is 5.16 Å². The van der Waals surface area contributed by atoms with E-state index in [2.05, 4.69) is 30.6 Å². The van der Waals surface area contributed by atoms with Crippen molar-refractivity contribution in [3.8, 4) is 0 Å². The molecule has 1 amide bonds.